The van der Waals surface area contributed by atoms with Crippen LogP contribution in [0.1, 0.15) is 17.5 Å². The number of nitrogens with zero attached hydrogens (tertiary/aromatic N) is 1. The predicted octanol–water partition coefficient (Wildman–Crippen LogP) is 0.767. The van der Waals surface area contributed by atoms with Gasteiger partial charge in [-0.15, -0.1) is 0 Å². The highest BCUT2D eigenvalue weighted by molar-refractivity contribution is 5.83. The molecule has 1 fully saturated rings. The van der Waals surface area contributed by atoms with Crippen molar-refractivity contribution in [1.82, 2.24) is 10.2 Å². The van der Waals surface area contributed by atoms with Gasteiger partial charge in [0.05, 0.1) is 6.10 Å². The summed E-state index contributed by atoms with van der Waals surface area (Å²) in [6.45, 7) is 2.50. The van der Waals surface area contributed by atoms with Crippen molar-refractivity contribution in [3.05, 3.63) is 35.4 Å². The maximum atomic E-state index is 12.0. The van der Waals surface area contributed by atoms with Crippen LogP contribution in [0.5, 0.6) is 0 Å². The molecule has 0 aliphatic carbocycles. The Morgan fingerprint density at radius 1 is 1.43 bits per heavy atom. The Labute approximate surface area is 123 Å². The molecule has 2 amide bonds. The maximum Gasteiger partial charge on any atom is 0.326 e. The van der Waals surface area contributed by atoms with Gasteiger partial charge in [0.15, 0.2) is 0 Å². The van der Waals surface area contributed by atoms with Crippen LogP contribution in [-0.2, 0) is 11.2 Å². The third-order valence-corrected chi connectivity index (χ3v) is 3.60. The van der Waals surface area contributed by atoms with Gasteiger partial charge in [0, 0.05) is 19.5 Å². The van der Waals surface area contributed by atoms with Crippen LogP contribution in [-0.4, -0.2) is 52.3 Å². The van der Waals surface area contributed by atoms with E-state index >= 15 is 0 Å². The van der Waals surface area contributed by atoms with Crippen molar-refractivity contribution in [3.63, 3.8) is 0 Å². The van der Waals surface area contributed by atoms with Gasteiger partial charge in [0.1, 0.15) is 6.04 Å². The second kappa shape index (κ2) is 6.58. The normalized spacial score (nSPS) is 21.3. The van der Waals surface area contributed by atoms with Crippen molar-refractivity contribution in [2.75, 3.05) is 13.1 Å². The van der Waals surface area contributed by atoms with Gasteiger partial charge >= 0.3 is 12.0 Å². The average molecular weight is 292 g/mol. The van der Waals surface area contributed by atoms with Crippen molar-refractivity contribution >= 4 is 12.0 Å². The zero-order chi connectivity index (χ0) is 15.4. The second-order valence-corrected chi connectivity index (χ2v) is 5.37. The van der Waals surface area contributed by atoms with Crippen molar-refractivity contribution < 1.29 is 19.8 Å². The molecule has 3 N–H and O–H groups in total. The first-order valence-electron chi connectivity index (χ1n) is 6.98. The zero-order valence-electron chi connectivity index (χ0n) is 12.0. The number of aliphatic hydroxyl groups is 1. The number of hydrogen-bond acceptors (Lipinski definition) is 3. The minimum atomic E-state index is -1.08. The van der Waals surface area contributed by atoms with Crippen LogP contribution in [0.25, 0.3) is 0 Å². The Kier molecular flexibility index (Phi) is 4.80. The van der Waals surface area contributed by atoms with Crippen LogP contribution >= 0.6 is 0 Å². The van der Waals surface area contributed by atoms with Crippen molar-refractivity contribution in [2.45, 2.75) is 31.9 Å². The van der Waals surface area contributed by atoms with E-state index in [-0.39, 0.29) is 13.0 Å². The molecule has 1 saturated heterocycles. The molecule has 6 heteroatoms. The van der Waals surface area contributed by atoms with Gasteiger partial charge < -0.3 is 20.4 Å². The molecular weight excluding hydrogens is 272 g/mol. The molecule has 1 heterocycles. The minimum Gasteiger partial charge on any atom is -0.480 e. The number of aliphatic hydroxyl groups excluding tert-OH is 1. The fraction of sp³-hybridized carbons (Fsp3) is 0.467. The number of urea groups is 1. The molecule has 1 aliphatic heterocycles. The van der Waals surface area contributed by atoms with Gasteiger partial charge in [-0.25, -0.2) is 9.59 Å². The summed E-state index contributed by atoms with van der Waals surface area (Å²) in [5.41, 5.74) is 2.28. The molecule has 0 radical (unpaired) electrons. The van der Waals surface area contributed by atoms with E-state index in [4.69, 9.17) is 5.11 Å². The molecule has 0 aromatic heterocycles. The van der Waals surface area contributed by atoms with E-state index in [9.17, 15) is 14.7 Å². The Morgan fingerprint density at radius 2 is 2.19 bits per heavy atom. The topological polar surface area (TPSA) is 89.9 Å². The molecule has 114 valence electrons. The number of aliphatic carboxylic acids is 1. The number of β-amino-alcohol motifs (C(OH)–C–C–N with tert-alkyl or cyclic N) is 1. The molecule has 2 rings (SSSR count). The summed E-state index contributed by atoms with van der Waals surface area (Å²) in [5.74, 6) is -1.08. The maximum absolute atomic E-state index is 12.0. The molecule has 1 aromatic rings. The summed E-state index contributed by atoms with van der Waals surface area (Å²) >= 11 is 0. The van der Waals surface area contributed by atoms with Crippen LogP contribution < -0.4 is 5.32 Å². The van der Waals surface area contributed by atoms with E-state index in [1.807, 2.05) is 31.2 Å². The Bertz CT molecular complexity index is 532. The van der Waals surface area contributed by atoms with Gasteiger partial charge in [-0.3, -0.25) is 0 Å². The summed E-state index contributed by atoms with van der Waals surface area (Å²) in [4.78, 5) is 24.2. The molecule has 1 aromatic carbocycles. The number of aryl methyl sites for hydroxylation is 1. The summed E-state index contributed by atoms with van der Waals surface area (Å²) < 4.78 is 0. The fourth-order valence-electron chi connectivity index (χ4n) is 2.56. The van der Waals surface area contributed by atoms with E-state index < -0.39 is 24.1 Å². The minimum absolute atomic E-state index is 0.0627. The van der Waals surface area contributed by atoms with Crippen LogP contribution in [0.3, 0.4) is 0 Å². The number of amides is 2. The first kappa shape index (κ1) is 15.3. The average Bonchev–Trinajstić information content (AvgIpc) is 2.81. The van der Waals surface area contributed by atoms with E-state index in [0.29, 0.717) is 13.0 Å². The number of carboxylic acid groups (broad SMARTS) is 1. The monoisotopic (exact) mass is 292 g/mol. The van der Waals surface area contributed by atoms with Crippen LogP contribution in [0.4, 0.5) is 4.79 Å². The summed E-state index contributed by atoms with van der Waals surface area (Å²) in [7, 11) is 0. The largest absolute Gasteiger partial charge is 0.480 e. The Morgan fingerprint density at radius 3 is 2.86 bits per heavy atom. The number of rotatable bonds is 4. The van der Waals surface area contributed by atoms with E-state index in [1.54, 1.807) is 0 Å². The number of likely N-dealkylation sites (tertiary alicyclic amines) is 1. The van der Waals surface area contributed by atoms with Gasteiger partial charge in [0.25, 0.3) is 0 Å². The summed E-state index contributed by atoms with van der Waals surface area (Å²) in [5, 5.41) is 21.3. The molecule has 6 nitrogen and oxygen atoms in total. The number of nitrogens with one attached hydrogen (secondary N) is 1. The highest BCUT2D eigenvalue weighted by Crippen LogP contribution is 2.18. The zero-order valence-corrected chi connectivity index (χ0v) is 12.0. The number of benzene rings is 1. The lowest BCUT2D eigenvalue weighted by Gasteiger charge is -2.21. The molecule has 2 atom stereocenters. The van der Waals surface area contributed by atoms with Gasteiger partial charge in [-0.05, 0) is 18.9 Å². The Balaban J connectivity index is 1.85. The summed E-state index contributed by atoms with van der Waals surface area (Å²) in [6.07, 6.45) is -0.00374. The van der Waals surface area contributed by atoms with Crippen molar-refractivity contribution in [3.8, 4) is 0 Å². The van der Waals surface area contributed by atoms with Gasteiger partial charge in [-0.1, -0.05) is 29.8 Å². The molecule has 1 aliphatic rings. The van der Waals surface area contributed by atoms with Gasteiger partial charge in [-0.2, -0.15) is 0 Å². The third kappa shape index (κ3) is 3.95. The highest BCUT2D eigenvalue weighted by atomic mass is 16.4. The lowest BCUT2D eigenvalue weighted by atomic mass is 10.1. The molecule has 0 spiro atoms. The quantitative estimate of drug-likeness (QED) is 0.764. The first-order chi connectivity index (χ1) is 9.97. The van der Waals surface area contributed by atoms with Crippen LogP contribution in [0, 0.1) is 6.92 Å². The standard InChI is InChI=1S/C15H20N2O4/c1-10-3-2-4-11(7-10)5-6-16-15(21)17-9-12(18)8-13(17)14(19)20/h2-4,7,12-13,18H,5-6,8-9H2,1H3,(H,16,21)(H,19,20). The molecule has 0 bridgehead atoms. The second-order valence-electron chi connectivity index (χ2n) is 5.37. The predicted molar refractivity (Wildman–Crippen MR) is 77.0 cm³/mol. The molecule has 2 unspecified atom stereocenters. The van der Waals surface area contributed by atoms with E-state index in [2.05, 4.69) is 5.32 Å². The number of carbonyl (C=O) groups excluding carboxylic acids is 1. The lowest BCUT2D eigenvalue weighted by Crippen LogP contribution is -2.46. The highest BCUT2D eigenvalue weighted by Gasteiger charge is 2.38. The van der Waals surface area contributed by atoms with Crippen molar-refractivity contribution in [2.24, 2.45) is 0 Å². The molecular formula is C15H20N2O4. The smallest absolute Gasteiger partial charge is 0.326 e. The number of carbonyl (C=O) groups is 2. The van der Waals surface area contributed by atoms with Crippen LogP contribution in [0.2, 0.25) is 0 Å². The van der Waals surface area contributed by atoms with E-state index in [1.165, 1.54) is 4.90 Å². The SMILES string of the molecule is Cc1cccc(CCNC(=O)N2CC(O)CC2C(=O)O)c1. The van der Waals surface area contributed by atoms with Gasteiger partial charge in [0.2, 0.25) is 0 Å². The Hall–Kier alpha value is -2.08. The number of carboxylic acids is 1. The molecule has 21 heavy (non-hydrogen) atoms. The first-order valence-corrected chi connectivity index (χ1v) is 6.98. The molecule has 0 saturated carbocycles. The third-order valence-electron chi connectivity index (χ3n) is 3.60. The summed E-state index contributed by atoms with van der Waals surface area (Å²) in [6, 6.07) is 6.62. The van der Waals surface area contributed by atoms with Crippen LogP contribution in [0.15, 0.2) is 24.3 Å². The van der Waals surface area contributed by atoms with E-state index in [0.717, 1.165) is 11.1 Å². The van der Waals surface area contributed by atoms with Crippen molar-refractivity contribution in [1.29, 1.82) is 0 Å². The fourth-order valence-corrected chi connectivity index (χ4v) is 2.56. The number of hydrogen-bond donors (Lipinski definition) is 3. The lowest BCUT2D eigenvalue weighted by molar-refractivity contribution is -0.141.